The molecule has 344 valence electrons. The van der Waals surface area contributed by atoms with Crippen LogP contribution in [0.3, 0.4) is 0 Å². The Labute approximate surface area is 357 Å². The summed E-state index contributed by atoms with van der Waals surface area (Å²) >= 11 is 0. The van der Waals surface area contributed by atoms with Crippen molar-refractivity contribution < 1.29 is 88.0 Å². The van der Waals surface area contributed by atoms with Gasteiger partial charge in [-0.2, -0.15) is 0 Å². The van der Waals surface area contributed by atoms with Crippen molar-refractivity contribution in [1.82, 2.24) is 16.0 Å². The number of fused-ring (bicyclic) bond motifs is 1. The van der Waals surface area contributed by atoms with E-state index >= 15 is 0 Å². The lowest BCUT2D eigenvalue weighted by Crippen LogP contribution is -2.65. The Morgan fingerprint density at radius 1 is 0.839 bits per heavy atom. The number of amides is 3. The van der Waals surface area contributed by atoms with Crippen LogP contribution in [0, 0.1) is 0 Å². The fourth-order valence-corrected chi connectivity index (χ4v) is 7.34. The van der Waals surface area contributed by atoms with Crippen LogP contribution in [0.2, 0.25) is 0 Å². The molecule has 4 saturated heterocycles. The van der Waals surface area contributed by atoms with Gasteiger partial charge in [0.2, 0.25) is 5.91 Å². The van der Waals surface area contributed by atoms with Gasteiger partial charge in [0.25, 0.3) is 11.8 Å². The maximum Gasteiger partial charge on any atom is 0.257 e. The Kier molecular flexibility index (Phi) is 16.6. The van der Waals surface area contributed by atoms with Crippen LogP contribution in [0.25, 0.3) is 11.1 Å². The molecule has 0 bridgehead atoms. The molecule has 0 aliphatic carbocycles. The highest BCUT2D eigenvalue weighted by molar-refractivity contribution is 5.95. The Morgan fingerprint density at radius 2 is 1.61 bits per heavy atom. The summed E-state index contributed by atoms with van der Waals surface area (Å²) in [5.41, 5.74) is 0.578. The molecule has 0 aromatic heterocycles. The van der Waals surface area contributed by atoms with Crippen LogP contribution in [0.15, 0.2) is 48.5 Å². The molecule has 6 rings (SSSR count). The van der Waals surface area contributed by atoms with Crippen LogP contribution in [0.5, 0.6) is 5.75 Å². The minimum Gasteiger partial charge on any atom is -0.484 e. The highest BCUT2D eigenvalue weighted by atomic mass is 16.8. The van der Waals surface area contributed by atoms with Gasteiger partial charge in [-0.05, 0) is 48.2 Å². The first-order valence-corrected chi connectivity index (χ1v) is 20.6. The van der Waals surface area contributed by atoms with Crippen LogP contribution in [-0.2, 0) is 42.7 Å². The summed E-state index contributed by atoms with van der Waals surface area (Å²) in [5.74, 6) is -0.586. The number of hydrogen-bond donors (Lipinski definition) is 10. The third-order valence-corrected chi connectivity index (χ3v) is 10.8. The molecule has 0 spiro atoms. The number of aliphatic hydroxyl groups excluding tert-OH is 7. The lowest BCUT2D eigenvalue weighted by atomic mass is 9.89. The van der Waals surface area contributed by atoms with Crippen molar-refractivity contribution in [2.75, 3.05) is 46.1 Å². The van der Waals surface area contributed by atoms with Gasteiger partial charge in [0.15, 0.2) is 31.8 Å². The van der Waals surface area contributed by atoms with E-state index in [1.807, 2.05) is 31.2 Å². The van der Waals surface area contributed by atoms with E-state index in [1.165, 1.54) is 6.92 Å². The zero-order valence-electron chi connectivity index (χ0n) is 34.3. The Bertz CT molecular complexity index is 1790. The quantitative estimate of drug-likeness (QED) is 0.0481. The topological polar surface area (TPSA) is 306 Å². The highest BCUT2D eigenvalue weighted by Gasteiger charge is 2.58. The second-order valence-corrected chi connectivity index (χ2v) is 15.6. The third-order valence-electron chi connectivity index (χ3n) is 10.8. The zero-order chi connectivity index (χ0) is 44.6. The van der Waals surface area contributed by atoms with E-state index in [9.17, 15) is 50.1 Å². The Morgan fingerprint density at radius 3 is 2.32 bits per heavy atom. The maximum atomic E-state index is 12.6. The number of hydrogen-bond acceptors (Lipinski definition) is 18. The molecule has 21 heteroatoms. The van der Waals surface area contributed by atoms with Crippen molar-refractivity contribution in [2.45, 2.75) is 119 Å². The monoisotopic (exact) mass is 879 g/mol. The summed E-state index contributed by atoms with van der Waals surface area (Å²) in [6.07, 6.45) is -15.9. The summed E-state index contributed by atoms with van der Waals surface area (Å²) < 4.78 is 45.3. The molecule has 4 fully saturated rings. The standard InChI is InChI=1S/C41H57N3O18/c1-3-12-43-36(54)24-7-4-6-23(15-24)22-8-10-25(11-9-22)56-18-28(49)42-13-5-14-55-37-29(44-21(2)47)26(48)16-41(19-46,62-37)20-57-38-33(53)34(30(50)27(17-45)58-38)59-39-32(52)31(51)35-40(60-35)61-39/h4,6-11,15,26-27,29-35,37-40,45-46,48,50-53H,3,5,12-14,16-20H2,1-2H3,(H,42,49)(H,43,54)(H,44,47)/t26?,27?,29?,30-,31?,32?,33?,34?,35+,37+,38+,39-,40?,41?/m0/s1. The zero-order valence-corrected chi connectivity index (χ0v) is 34.3. The Balaban J connectivity index is 0.976. The molecule has 4 aliphatic heterocycles. The van der Waals surface area contributed by atoms with Gasteiger partial charge in [-0.15, -0.1) is 0 Å². The van der Waals surface area contributed by atoms with Gasteiger partial charge < -0.3 is 89.6 Å². The van der Waals surface area contributed by atoms with Gasteiger partial charge in [0.1, 0.15) is 60.1 Å². The fraction of sp³-hybridized carbons (Fsp3) is 0.634. The van der Waals surface area contributed by atoms with Crippen molar-refractivity contribution >= 4 is 17.7 Å². The third kappa shape index (κ3) is 11.8. The molecule has 62 heavy (non-hydrogen) atoms. The maximum absolute atomic E-state index is 12.6. The predicted molar refractivity (Wildman–Crippen MR) is 211 cm³/mol. The minimum atomic E-state index is -1.77. The lowest BCUT2D eigenvalue weighted by molar-refractivity contribution is -0.355. The first-order chi connectivity index (χ1) is 29.8. The number of rotatable bonds is 20. The van der Waals surface area contributed by atoms with Gasteiger partial charge in [0.05, 0.1) is 32.5 Å². The molecule has 4 aliphatic rings. The summed E-state index contributed by atoms with van der Waals surface area (Å²) in [4.78, 5) is 37.0. The van der Waals surface area contributed by atoms with Gasteiger partial charge in [-0.1, -0.05) is 31.2 Å². The average Bonchev–Trinajstić information content (AvgIpc) is 4.06. The molecule has 9 unspecified atom stereocenters. The van der Waals surface area contributed by atoms with Crippen LogP contribution in [-0.4, -0.2) is 185 Å². The normalized spacial score (nSPS) is 34.1. The SMILES string of the molecule is CCCNC(=O)c1cccc(-c2ccc(OCC(=O)NCCCO[C@@H]3OC(CO)(CO[C@@H]4OC(CO)[C@H](O)C(O[C@H]5OC6O[C@@H]6C(O)C5O)C4O)CC(O)C3NC(C)=O)cc2)c1. The van der Waals surface area contributed by atoms with Crippen molar-refractivity contribution in [3.63, 3.8) is 0 Å². The minimum absolute atomic E-state index is 0.0319. The molecule has 10 N–H and O–H groups in total. The van der Waals surface area contributed by atoms with Gasteiger partial charge in [-0.25, -0.2) is 0 Å². The molecule has 0 radical (unpaired) electrons. The van der Waals surface area contributed by atoms with Crippen molar-refractivity contribution in [3.05, 3.63) is 54.1 Å². The molecule has 4 heterocycles. The molecule has 21 nitrogen and oxygen atoms in total. The number of ether oxygens (including phenoxy) is 8. The molecule has 2 aromatic carbocycles. The first kappa shape index (κ1) is 47.6. The first-order valence-electron chi connectivity index (χ1n) is 20.6. The number of epoxide rings is 1. The van der Waals surface area contributed by atoms with Crippen molar-refractivity contribution in [3.8, 4) is 16.9 Å². The smallest absolute Gasteiger partial charge is 0.257 e. The van der Waals surface area contributed by atoms with Crippen LogP contribution in [0.1, 0.15) is 43.5 Å². The lowest BCUT2D eigenvalue weighted by Gasteiger charge is -2.47. The van der Waals surface area contributed by atoms with E-state index in [4.69, 9.17) is 37.9 Å². The van der Waals surface area contributed by atoms with E-state index in [2.05, 4.69) is 16.0 Å². The Hall–Kier alpha value is -3.91. The molecule has 14 atom stereocenters. The van der Waals surface area contributed by atoms with Crippen molar-refractivity contribution in [1.29, 1.82) is 0 Å². The summed E-state index contributed by atoms with van der Waals surface area (Å²) in [6.45, 7) is 1.64. The molecule has 0 saturated carbocycles. The van der Waals surface area contributed by atoms with E-state index in [-0.39, 0.29) is 38.5 Å². The number of carbonyl (C=O) groups excluding carboxylic acids is 3. The van der Waals surface area contributed by atoms with Crippen LogP contribution in [0.4, 0.5) is 0 Å². The van der Waals surface area contributed by atoms with E-state index in [1.54, 1.807) is 24.3 Å². The highest BCUT2D eigenvalue weighted by Crippen LogP contribution is 2.38. The summed E-state index contributed by atoms with van der Waals surface area (Å²) in [5, 5.41) is 82.4. The molecular formula is C41H57N3O18. The van der Waals surface area contributed by atoms with E-state index < -0.39 is 117 Å². The van der Waals surface area contributed by atoms with Gasteiger partial charge in [-0.3, -0.25) is 14.4 Å². The van der Waals surface area contributed by atoms with Crippen LogP contribution >= 0.6 is 0 Å². The predicted octanol–water partition coefficient (Wildman–Crippen LogP) is -2.62. The average molecular weight is 880 g/mol. The van der Waals surface area contributed by atoms with E-state index in [0.717, 1.165) is 17.5 Å². The molecule has 3 amide bonds. The summed E-state index contributed by atoms with van der Waals surface area (Å²) in [6, 6.07) is 13.3. The van der Waals surface area contributed by atoms with Gasteiger partial charge >= 0.3 is 0 Å². The number of nitrogens with one attached hydrogen (secondary N) is 3. The van der Waals surface area contributed by atoms with Gasteiger partial charge in [0, 0.05) is 32.0 Å². The van der Waals surface area contributed by atoms with Crippen molar-refractivity contribution in [2.24, 2.45) is 0 Å². The number of benzene rings is 2. The number of aliphatic hydroxyl groups is 7. The second kappa shape index (κ2) is 21.6. The largest absolute Gasteiger partial charge is 0.484 e. The summed E-state index contributed by atoms with van der Waals surface area (Å²) in [7, 11) is 0. The van der Waals surface area contributed by atoms with E-state index in [0.29, 0.717) is 17.9 Å². The molecular weight excluding hydrogens is 822 g/mol. The second-order valence-electron chi connectivity index (χ2n) is 15.6. The fourth-order valence-electron chi connectivity index (χ4n) is 7.34. The van der Waals surface area contributed by atoms with Crippen LogP contribution < -0.4 is 20.7 Å². The number of carbonyl (C=O) groups is 3. The molecule has 2 aromatic rings.